The molecule has 4 aliphatic heterocycles. The topological polar surface area (TPSA) is 651 Å². The van der Waals surface area contributed by atoms with Gasteiger partial charge in [-0.05, 0) is 0 Å². The van der Waals surface area contributed by atoms with Gasteiger partial charge in [-0.15, -0.1) is 0 Å². The van der Waals surface area contributed by atoms with E-state index in [2.05, 4.69) is 64.3 Å². The van der Waals surface area contributed by atoms with Crippen LogP contribution in [0.1, 0.15) is 24.9 Å². The van der Waals surface area contributed by atoms with Crippen LogP contribution in [0.4, 0.5) is 23.3 Å². The van der Waals surface area contributed by atoms with Gasteiger partial charge in [0, 0.05) is 0 Å². The van der Waals surface area contributed by atoms with Crippen molar-refractivity contribution in [1.29, 1.82) is 0 Å². The summed E-state index contributed by atoms with van der Waals surface area (Å²) in [6.07, 6.45) is -20.3. The minimum absolute atomic E-state index is 0.00405. The highest BCUT2D eigenvalue weighted by molar-refractivity contribution is 7.52. The summed E-state index contributed by atoms with van der Waals surface area (Å²) < 4.78 is 119. The molecular formula is C42H54N20O25P4. The molecular weight excluding hydrogens is 1310 g/mol. The van der Waals surface area contributed by atoms with E-state index in [0.29, 0.717) is 0 Å². The number of nitrogen functional groups attached to an aromatic ring is 4. The molecule has 0 aliphatic carbocycles. The van der Waals surface area contributed by atoms with Crippen LogP contribution < -0.4 is 22.9 Å². The van der Waals surface area contributed by atoms with Crippen LogP contribution in [0.25, 0.3) is 44.7 Å². The van der Waals surface area contributed by atoms with Crippen molar-refractivity contribution in [3.8, 4) is 0 Å². The van der Waals surface area contributed by atoms with Crippen LogP contribution in [0.2, 0.25) is 0 Å². The van der Waals surface area contributed by atoms with Crippen molar-refractivity contribution in [3.63, 3.8) is 0 Å². The van der Waals surface area contributed by atoms with Gasteiger partial charge in [-0.3, -0.25) is 41.0 Å². The number of nitrogens with zero attached hydrogens (tertiary/aromatic N) is 16. The molecule has 0 aromatic carbocycles. The van der Waals surface area contributed by atoms with Gasteiger partial charge in [-0.1, -0.05) is 0 Å². The van der Waals surface area contributed by atoms with Gasteiger partial charge in [0.2, 0.25) is 0 Å². The van der Waals surface area contributed by atoms with E-state index < -0.39 is 168 Å². The molecule has 45 nitrogen and oxygen atoms in total. The van der Waals surface area contributed by atoms with Crippen molar-refractivity contribution < 1.29 is 119 Å². The van der Waals surface area contributed by atoms with Gasteiger partial charge in [-0.25, -0.2) is 68.9 Å². The second kappa shape index (κ2) is 25.1. The first-order chi connectivity index (χ1) is 43.2. The number of anilines is 4. The van der Waals surface area contributed by atoms with Crippen LogP contribution in [0.3, 0.4) is 0 Å². The van der Waals surface area contributed by atoms with E-state index in [1.54, 1.807) is 0 Å². The molecule has 19 atom stereocenters. The Morgan fingerprint density at radius 2 is 0.703 bits per heavy atom. The van der Waals surface area contributed by atoms with E-state index >= 15 is 0 Å². The molecule has 8 aromatic rings. The normalized spacial score (nSPS) is 30.9. The van der Waals surface area contributed by atoms with E-state index in [4.69, 9.17) is 69.5 Å². The molecule has 12 heterocycles. The fourth-order valence-electron chi connectivity index (χ4n) is 10.4. The zero-order valence-electron chi connectivity index (χ0n) is 45.9. The molecule has 0 spiro atoms. The lowest BCUT2D eigenvalue weighted by Crippen LogP contribution is -2.37. The number of phosphoric acid groups is 2. The molecule has 8 aromatic heterocycles. The van der Waals surface area contributed by atoms with E-state index in [1.165, 1.54) is 26.4 Å². The zero-order valence-corrected chi connectivity index (χ0v) is 49.5. The van der Waals surface area contributed by atoms with E-state index in [-0.39, 0.29) is 67.9 Å². The van der Waals surface area contributed by atoms with Crippen molar-refractivity contribution in [2.75, 3.05) is 62.1 Å². The first-order valence-electron chi connectivity index (χ1n) is 26.4. The van der Waals surface area contributed by atoms with Crippen LogP contribution in [0, 0.1) is 0 Å². The molecule has 0 amide bonds. The molecule has 49 heteroatoms. The summed E-state index contributed by atoms with van der Waals surface area (Å²) in [6.45, 7) is -3.72. The van der Waals surface area contributed by atoms with Crippen molar-refractivity contribution in [1.82, 2.24) is 78.1 Å². The van der Waals surface area contributed by atoms with Gasteiger partial charge in [0.1, 0.15) is 133 Å². The average Bonchev–Trinajstić information content (AvgIpc) is 1.75. The molecule has 18 N–H and O–H groups in total. The summed E-state index contributed by atoms with van der Waals surface area (Å²) in [4.78, 5) is 101. The number of phosphoric ester groups is 2. The summed E-state index contributed by atoms with van der Waals surface area (Å²) in [5.74, 6) is -0.242. The lowest BCUT2D eigenvalue weighted by Gasteiger charge is -2.25. The Balaban J connectivity index is 0.717. The highest BCUT2D eigenvalue weighted by Gasteiger charge is 2.54. The number of rotatable bonds is 24. The van der Waals surface area contributed by atoms with Gasteiger partial charge < -0.3 is 110 Å². The summed E-state index contributed by atoms with van der Waals surface area (Å²) in [7, 11) is -20.6. The maximum absolute atomic E-state index is 13.9. The third-order valence-electron chi connectivity index (χ3n) is 14.7. The molecule has 3 unspecified atom stereocenters. The van der Waals surface area contributed by atoms with E-state index in [0.717, 1.165) is 42.5 Å². The van der Waals surface area contributed by atoms with Gasteiger partial charge in [0.05, 0.1) is 51.7 Å². The third-order valence-corrected chi connectivity index (χ3v) is 18.3. The molecule has 4 aliphatic rings. The Bertz CT molecular complexity index is 4190. The van der Waals surface area contributed by atoms with Gasteiger partial charge in [0.25, 0.3) is 0 Å². The Morgan fingerprint density at radius 3 is 1.08 bits per heavy atom. The largest absolute Gasteiger partial charge is 0.472 e. The number of aliphatic hydroxyl groups excluding tert-OH is 5. The van der Waals surface area contributed by atoms with Crippen molar-refractivity contribution >= 4 is 98.8 Å². The van der Waals surface area contributed by atoms with E-state index in [1.807, 2.05) is 0 Å². The Labute approximate surface area is 505 Å². The van der Waals surface area contributed by atoms with Crippen LogP contribution in [-0.2, 0) is 69.3 Å². The number of aromatic nitrogens is 16. The fourth-order valence-corrected chi connectivity index (χ4v) is 13.3. The van der Waals surface area contributed by atoms with Crippen molar-refractivity contribution in [2.45, 2.75) is 98.2 Å². The molecule has 4 fully saturated rings. The summed E-state index contributed by atoms with van der Waals surface area (Å²) in [5, 5.41) is 56.7. The number of nitrogens with two attached hydrogens (primary N) is 4. The maximum Gasteiger partial charge on any atom is 0.472 e. The Hall–Kier alpha value is -6.52. The standard InChI is InChI=1S/C42H54N20O25P4/c43-31-19-35(51-5-47-31)59(9-55-19)39-27(67)23(63)15(83-39)4-82-91(75,76)87-30-26(66)17(86-42(30)62-12-58-22-34(46)50-8-54-38(22)62)2-80-89(70,71)13-77-28-24(64)16(84-40(28)60-10-56-20-32(44)48-6-52-36(20)60)1-79-88(68,69)14-78-29-25(65)18(3-81-90(72,73)74)85-41(29)61-11-57-21-33(45)49-7-53-37(21)61/h5-12,15-18,23-30,39-42,63-67H,1-4,13-14H2,(H,68,69)(H,70,71)(H,75,76)(H2,43,47,51)(H2,44,48,52)(H2,45,49,53)(H2,46,50,54)(H2,72,73,74)/t15-,16-,17-,18-,23-,24-,25-,26-,27-,28-,29-,30-,39-,40-,41-,42-/m1/s1. The summed E-state index contributed by atoms with van der Waals surface area (Å²) in [5.41, 5.74) is 24.3. The number of hydrogen-bond acceptors (Lipinski definition) is 36. The summed E-state index contributed by atoms with van der Waals surface area (Å²) in [6, 6.07) is 0. The SMILES string of the molecule is Nc1ncnc2c1ncn2[C@@H]1O[C@H](COP(=O)(O)O[C@@H]2[C@H](O)[C@@H](COP(=O)(O)CO[C@@H]3[C@H](O)[C@@H](COP(=O)(O)CO[C@@H]4[C@H](O)[C@@H](COP(=O)(O)O)O[C@H]4n4cnc5c(N)ncnc54)O[C@H]3n3cnc4c(N)ncnc43)O[C@H]2n2cnc3c(N)ncnc32)[C@@H](O)[C@H]1O. The predicted octanol–water partition coefficient (Wildman–Crippen LogP) is -4.23. The zero-order chi connectivity index (χ0) is 64.6. The Morgan fingerprint density at radius 1 is 0.396 bits per heavy atom. The van der Waals surface area contributed by atoms with Crippen LogP contribution in [0.15, 0.2) is 50.6 Å². The van der Waals surface area contributed by atoms with Crippen molar-refractivity contribution in [3.05, 3.63) is 50.6 Å². The minimum atomic E-state index is -5.40. The van der Waals surface area contributed by atoms with Gasteiger partial charge in [0.15, 0.2) is 70.8 Å². The number of fused-ring (bicyclic) bond motifs is 4. The third kappa shape index (κ3) is 13.0. The highest BCUT2D eigenvalue weighted by Crippen LogP contribution is 2.52. The molecule has 91 heavy (non-hydrogen) atoms. The lowest BCUT2D eigenvalue weighted by molar-refractivity contribution is -0.0688. The smallest absolute Gasteiger partial charge is 0.387 e. The molecule has 492 valence electrons. The quantitative estimate of drug-likeness (QED) is 0.0255. The number of ether oxygens (including phenoxy) is 6. The molecule has 4 saturated heterocycles. The molecule has 0 bridgehead atoms. The monoisotopic (exact) mass is 1360 g/mol. The van der Waals surface area contributed by atoms with Gasteiger partial charge >= 0.3 is 30.8 Å². The lowest BCUT2D eigenvalue weighted by atomic mass is 10.1. The highest BCUT2D eigenvalue weighted by atomic mass is 31.2. The van der Waals surface area contributed by atoms with E-state index in [9.17, 15) is 68.3 Å². The van der Waals surface area contributed by atoms with Crippen molar-refractivity contribution in [2.24, 2.45) is 0 Å². The van der Waals surface area contributed by atoms with Crippen LogP contribution >= 0.6 is 30.8 Å². The summed E-state index contributed by atoms with van der Waals surface area (Å²) >= 11 is 0. The number of hydrogen-bond donors (Lipinski definition) is 14. The predicted molar refractivity (Wildman–Crippen MR) is 294 cm³/mol. The fraction of sp³-hybridized carbons (Fsp3) is 0.524. The minimum Gasteiger partial charge on any atom is -0.387 e. The first-order valence-corrected chi connectivity index (χ1v) is 33.0. The molecule has 0 radical (unpaired) electrons. The Kier molecular flexibility index (Phi) is 17.8. The van der Waals surface area contributed by atoms with Crippen LogP contribution in [-0.4, -0.2) is 240 Å². The molecule has 12 rings (SSSR count). The van der Waals surface area contributed by atoms with Crippen LogP contribution in [0.5, 0.6) is 0 Å². The second-order valence-electron chi connectivity index (χ2n) is 20.6. The second-order valence-corrected chi connectivity index (χ2v) is 26.8. The van der Waals surface area contributed by atoms with Gasteiger partial charge in [-0.2, -0.15) is 0 Å². The number of aliphatic hydroxyl groups is 5. The first kappa shape index (κ1) is 64.6. The maximum atomic E-state index is 13.9. The molecule has 0 saturated carbocycles. The number of imidazole rings is 4. The average molecular weight is 1360 g/mol.